The van der Waals surface area contributed by atoms with Crippen LogP contribution in [0.2, 0.25) is 0 Å². The molecule has 0 atom stereocenters. The van der Waals surface area contributed by atoms with Crippen molar-refractivity contribution in [2.24, 2.45) is 0 Å². The Morgan fingerprint density at radius 3 is 2.81 bits per heavy atom. The zero-order valence-electron chi connectivity index (χ0n) is 11.3. The molecule has 1 aliphatic carbocycles. The molecule has 0 amide bonds. The summed E-state index contributed by atoms with van der Waals surface area (Å²) in [7, 11) is -3.67. The highest BCUT2D eigenvalue weighted by Gasteiger charge is 2.22. The molecule has 21 heavy (non-hydrogen) atoms. The SMILES string of the molecule is O=S(=O)(NCc1ccncn1)c1ccc(CNC2CC2)o1. The summed E-state index contributed by atoms with van der Waals surface area (Å²) in [5, 5.41) is 3.19. The third-order valence-electron chi connectivity index (χ3n) is 3.13. The summed E-state index contributed by atoms with van der Waals surface area (Å²) in [5.74, 6) is 0.615. The minimum absolute atomic E-state index is 0.0795. The summed E-state index contributed by atoms with van der Waals surface area (Å²) >= 11 is 0. The zero-order chi connectivity index (χ0) is 14.7. The van der Waals surface area contributed by atoms with Crippen molar-refractivity contribution in [2.75, 3.05) is 0 Å². The van der Waals surface area contributed by atoms with E-state index in [1.54, 1.807) is 18.3 Å². The van der Waals surface area contributed by atoms with Gasteiger partial charge in [0.2, 0.25) is 5.09 Å². The van der Waals surface area contributed by atoms with Gasteiger partial charge >= 0.3 is 0 Å². The third kappa shape index (κ3) is 3.87. The number of rotatable bonds is 7. The molecule has 1 aliphatic rings. The Bertz CT molecular complexity index is 695. The number of hydrogen-bond donors (Lipinski definition) is 2. The van der Waals surface area contributed by atoms with Gasteiger partial charge in [-0.1, -0.05) is 0 Å². The van der Waals surface area contributed by atoms with Crippen LogP contribution in [0.1, 0.15) is 24.3 Å². The van der Waals surface area contributed by atoms with E-state index in [1.807, 2.05) is 0 Å². The average molecular weight is 308 g/mol. The molecule has 0 unspecified atom stereocenters. The van der Waals surface area contributed by atoms with Gasteiger partial charge in [0.25, 0.3) is 10.0 Å². The van der Waals surface area contributed by atoms with Crippen LogP contribution in [0.3, 0.4) is 0 Å². The Labute approximate surface area is 122 Å². The molecule has 2 heterocycles. The van der Waals surface area contributed by atoms with Crippen LogP contribution in [-0.2, 0) is 23.1 Å². The molecule has 112 valence electrons. The van der Waals surface area contributed by atoms with Crippen molar-refractivity contribution in [2.45, 2.75) is 37.1 Å². The highest BCUT2D eigenvalue weighted by atomic mass is 32.2. The van der Waals surface area contributed by atoms with E-state index in [1.165, 1.54) is 25.2 Å². The molecule has 0 bridgehead atoms. The van der Waals surface area contributed by atoms with Gasteiger partial charge in [0, 0.05) is 12.2 Å². The van der Waals surface area contributed by atoms with E-state index < -0.39 is 10.0 Å². The van der Waals surface area contributed by atoms with Crippen LogP contribution in [0.15, 0.2) is 40.2 Å². The fourth-order valence-corrected chi connectivity index (χ4v) is 2.74. The lowest BCUT2D eigenvalue weighted by Gasteiger charge is -2.03. The summed E-state index contributed by atoms with van der Waals surface area (Å²) in [6.07, 6.45) is 5.28. The van der Waals surface area contributed by atoms with Crippen LogP contribution in [0.5, 0.6) is 0 Å². The van der Waals surface area contributed by atoms with Gasteiger partial charge in [-0.2, -0.15) is 0 Å². The van der Waals surface area contributed by atoms with Crippen LogP contribution >= 0.6 is 0 Å². The monoisotopic (exact) mass is 308 g/mol. The maximum absolute atomic E-state index is 12.1. The van der Waals surface area contributed by atoms with Crippen molar-refractivity contribution < 1.29 is 12.8 Å². The first kappa shape index (κ1) is 14.2. The number of nitrogens with one attached hydrogen (secondary N) is 2. The van der Waals surface area contributed by atoms with E-state index in [0.717, 1.165) is 0 Å². The van der Waals surface area contributed by atoms with Gasteiger partial charge < -0.3 is 9.73 Å². The minimum Gasteiger partial charge on any atom is -0.447 e. The van der Waals surface area contributed by atoms with E-state index in [-0.39, 0.29) is 11.6 Å². The predicted octanol–water partition coefficient (Wildman–Crippen LogP) is 0.800. The summed E-state index contributed by atoms with van der Waals surface area (Å²) < 4.78 is 32.0. The number of nitrogens with zero attached hydrogens (tertiary/aromatic N) is 2. The van der Waals surface area contributed by atoms with E-state index in [2.05, 4.69) is 20.0 Å². The molecule has 3 rings (SSSR count). The van der Waals surface area contributed by atoms with Crippen LogP contribution < -0.4 is 10.0 Å². The largest absolute Gasteiger partial charge is 0.447 e. The summed E-state index contributed by atoms with van der Waals surface area (Å²) in [4.78, 5) is 7.74. The molecule has 0 spiro atoms. The van der Waals surface area contributed by atoms with Gasteiger partial charge in [-0.15, -0.1) is 0 Å². The molecular formula is C13H16N4O3S. The number of furan rings is 1. The van der Waals surface area contributed by atoms with Crippen molar-refractivity contribution in [3.05, 3.63) is 42.2 Å². The summed E-state index contributed by atoms with van der Waals surface area (Å²) in [6, 6.07) is 5.34. The van der Waals surface area contributed by atoms with Crippen LogP contribution in [0.25, 0.3) is 0 Å². The topological polar surface area (TPSA) is 97.1 Å². The number of aromatic nitrogens is 2. The Morgan fingerprint density at radius 1 is 1.24 bits per heavy atom. The van der Waals surface area contributed by atoms with Crippen molar-refractivity contribution in [1.82, 2.24) is 20.0 Å². The Balaban J connectivity index is 1.61. The molecule has 1 fully saturated rings. The quantitative estimate of drug-likeness (QED) is 0.785. The van der Waals surface area contributed by atoms with Gasteiger partial charge in [-0.3, -0.25) is 0 Å². The second-order valence-electron chi connectivity index (χ2n) is 4.90. The standard InChI is InChI=1S/C13H16N4O3S/c18-21(19,17-7-11-5-6-14-9-16-11)13-4-3-12(20-13)8-15-10-1-2-10/h3-6,9-10,15,17H,1-2,7-8H2. The Hall–Kier alpha value is -1.77. The lowest BCUT2D eigenvalue weighted by molar-refractivity contribution is 0.399. The lowest BCUT2D eigenvalue weighted by Crippen LogP contribution is -2.23. The smallest absolute Gasteiger partial charge is 0.274 e. The number of sulfonamides is 1. The summed E-state index contributed by atoms with van der Waals surface area (Å²) in [5.41, 5.74) is 0.593. The van der Waals surface area contributed by atoms with Crippen LogP contribution in [0, 0.1) is 0 Å². The van der Waals surface area contributed by atoms with Gasteiger partial charge in [0.15, 0.2) is 0 Å². The zero-order valence-corrected chi connectivity index (χ0v) is 12.1. The first-order chi connectivity index (χ1) is 10.1. The second kappa shape index (κ2) is 5.92. The van der Waals surface area contributed by atoms with Crippen molar-refractivity contribution in [3.8, 4) is 0 Å². The van der Waals surface area contributed by atoms with E-state index in [4.69, 9.17) is 4.42 Å². The van der Waals surface area contributed by atoms with Crippen molar-refractivity contribution in [1.29, 1.82) is 0 Å². The molecule has 0 aromatic carbocycles. The minimum atomic E-state index is -3.67. The summed E-state index contributed by atoms with van der Waals surface area (Å²) in [6.45, 7) is 0.646. The molecule has 8 heteroatoms. The Morgan fingerprint density at radius 2 is 2.10 bits per heavy atom. The van der Waals surface area contributed by atoms with Crippen LogP contribution in [0.4, 0.5) is 0 Å². The van der Waals surface area contributed by atoms with Crippen LogP contribution in [-0.4, -0.2) is 24.4 Å². The molecule has 0 saturated heterocycles. The van der Waals surface area contributed by atoms with Gasteiger partial charge in [-0.05, 0) is 31.0 Å². The first-order valence-corrected chi connectivity index (χ1v) is 8.18. The lowest BCUT2D eigenvalue weighted by atomic mass is 10.4. The normalized spacial score (nSPS) is 15.2. The first-order valence-electron chi connectivity index (χ1n) is 6.70. The highest BCUT2D eigenvalue weighted by Crippen LogP contribution is 2.20. The van der Waals surface area contributed by atoms with E-state index in [9.17, 15) is 8.42 Å². The van der Waals surface area contributed by atoms with Gasteiger partial charge in [-0.25, -0.2) is 23.1 Å². The molecule has 2 aromatic heterocycles. The second-order valence-corrected chi connectivity index (χ2v) is 6.60. The van der Waals surface area contributed by atoms with Crippen molar-refractivity contribution in [3.63, 3.8) is 0 Å². The molecule has 2 N–H and O–H groups in total. The number of hydrogen-bond acceptors (Lipinski definition) is 6. The fraction of sp³-hybridized carbons (Fsp3) is 0.385. The molecule has 0 aliphatic heterocycles. The fourth-order valence-electron chi connectivity index (χ4n) is 1.79. The van der Waals surface area contributed by atoms with Crippen molar-refractivity contribution >= 4 is 10.0 Å². The molecular weight excluding hydrogens is 292 g/mol. The average Bonchev–Trinajstić information content (AvgIpc) is 3.20. The van der Waals surface area contributed by atoms with E-state index >= 15 is 0 Å². The molecule has 2 aromatic rings. The maximum Gasteiger partial charge on any atom is 0.274 e. The maximum atomic E-state index is 12.1. The third-order valence-corrected chi connectivity index (χ3v) is 4.40. The van der Waals surface area contributed by atoms with Gasteiger partial charge in [0.1, 0.15) is 12.1 Å². The molecule has 1 saturated carbocycles. The highest BCUT2D eigenvalue weighted by molar-refractivity contribution is 7.89. The van der Waals surface area contributed by atoms with Gasteiger partial charge in [0.05, 0.1) is 18.8 Å². The molecule has 7 nitrogen and oxygen atoms in total. The van der Waals surface area contributed by atoms with E-state index in [0.29, 0.717) is 24.0 Å². The predicted molar refractivity (Wildman–Crippen MR) is 74.6 cm³/mol. The molecule has 0 radical (unpaired) electrons. The Kier molecular flexibility index (Phi) is 4.00.